The van der Waals surface area contributed by atoms with Gasteiger partial charge >= 0.3 is 11.9 Å². The average Bonchev–Trinajstić information content (AvgIpc) is 2.28. The van der Waals surface area contributed by atoms with Crippen LogP contribution in [-0.2, 0) is 23.9 Å². The fraction of sp³-hybridized carbons (Fsp3) is 0.750. The molecular weight excluding hydrogens is 256 g/mol. The summed E-state index contributed by atoms with van der Waals surface area (Å²) in [4.78, 5) is 33.7. The Morgan fingerprint density at radius 1 is 1.11 bits per heavy atom. The first-order valence-corrected chi connectivity index (χ1v) is 6.88. The summed E-state index contributed by atoms with van der Waals surface area (Å²) < 4.78 is 9.67. The summed E-state index contributed by atoms with van der Waals surface area (Å²) in [6.45, 7) is 5.49. The summed E-state index contributed by atoms with van der Waals surface area (Å²) >= 11 is 0.947. The molecular formula is C12H20O5S. The van der Waals surface area contributed by atoms with Crippen molar-refractivity contribution in [2.24, 2.45) is 0 Å². The Morgan fingerprint density at radius 2 is 1.72 bits per heavy atom. The highest BCUT2D eigenvalue weighted by Crippen LogP contribution is 2.20. The van der Waals surface area contributed by atoms with Gasteiger partial charge in [0.1, 0.15) is 5.25 Å². The van der Waals surface area contributed by atoms with Crippen molar-refractivity contribution in [1.29, 1.82) is 0 Å². The third kappa shape index (κ3) is 8.11. The minimum atomic E-state index is -0.531. The Bertz CT molecular complexity index is 290. The zero-order chi connectivity index (χ0) is 14.0. The van der Waals surface area contributed by atoms with Crippen molar-refractivity contribution in [3.63, 3.8) is 0 Å². The van der Waals surface area contributed by atoms with Gasteiger partial charge in [0.25, 0.3) is 0 Å². The van der Waals surface area contributed by atoms with Crippen molar-refractivity contribution in [2.45, 2.75) is 45.3 Å². The van der Waals surface area contributed by atoms with Crippen molar-refractivity contribution < 1.29 is 23.9 Å². The van der Waals surface area contributed by atoms with Gasteiger partial charge in [0.2, 0.25) is 0 Å². The highest BCUT2D eigenvalue weighted by molar-refractivity contribution is 8.14. The number of hydrogen-bond donors (Lipinski definition) is 0. The smallest absolute Gasteiger partial charge is 0.319 e. The van der Waals surface area contributed by atoms with Crippen LogP contribution in [0.2, 0.25) is 0 Å². The second-order valence-electron chi connectivity index (χ2n) is 3.55. The van der Waals surface area contributed by atoms with Crippen LogP contribution < -0.4 is 0 Å². The largest absolute Gasteiger partial charge is 0.466 e. The third-order valence-electron chi connectivity index (χ3n) is 2.01. The molecule has 0 saturated carbocycles. The molecule has 104 valence electrons. The Morgan fingerprint density at radius 3 is 2.22 bits per heavy atom. The number of esters is 2. The highest BCUT2D eigenvalue weighted by Gasteiger charge is 2.22. The minimum absolute atomic E-state index is 0.135. The number of thioether (sulfide) groups is 1. The van der Waals surface area contributed by atoms with Crippen molar-refractivity contribution in [2.75, 3.05) is 13.2 Å². The topological polar surface area (TPSA) is 69.7 Å². The second-order valence-corrected chi connectivity index (χ2v) is 4.93. The minimum Gasteiger partial charge on any atom is -0.466 e. The quantitative estimate of drug-likeness (QED) is 0.631. The van der Waals surface area contributed by atoms with E-state index in [9.17, 15) is 14.4 Å². The van der Waals surface area contributed by atoms with Crippen LogP contribution in [0.4, 0.5) is 0 Å². The molecule has 0 amide bonds. The molecule has 0 aliphatic carbocycles. The van der Waals surface area contributed by atoms with E-state index in [1.807, 2.05) is 0 Å². The van der Waals surface area contributed by atoms with Gasteiger partial charge in [-0.3, -0.25) is 14.4 Å². The predicted molar refractivity (Wildman–Crippen MR) is 69.2 cm³/mol. The maximum absolute atomic E-state index is 11.6. The summed E-state index contributed by atoms with van der Waals surface area (Å²) in [5.41, 5.74) is 0. The van der Waals surface area contributed by atoms with Crippen LogP contribution in [-0.4, -0.2) is 35.5 Å². The molecule has 0 rings (SSSR count). The summed E-state index contributed by atoms with van der Waals surface area (Å²) in [6.07, 6.45) is 1.19. The number of hydrogen-bond acceptors (Lipinski definition) is 6. The van der Waals surface area contributed by atoms with E-state index in [4.69, 9.17) is 9.47 Å². The lowest BCUT2D eigenvalue weighted by molar-refractivity contribution is -0.145. The Kier molecular flexibility index (Phi) is 9.36. The van der Waals surface area contributed by atoms with Crippen LogP contribution in [0.15, 0.2) is 0 Å². The SMILES string of the molecule is CCOC(=O)CCCC(SC(C)=O)C(=O)OCC. The van der Waals surface area contributed by atoms with Crippen molar-refractivity contribution in [3.05, 3.63) is 0 Å². The van der Waals surface area contributed by atoms with Crippen LogP contribution in [0.25, 0.3) is 0 Å². The van der Waals surface area contributed by atoms with E-state index in [1.165, 1.54) is 6.92 Å². The van der Waals surface area contributed by atoms with E-state index in [0.29, 0.717) is 19.4 Å². The molecule has 0 aromatic carbocycles. The predicted octanol–water partition coefficient (Wildman–Crippen LogP) is 1.93. The molecule has 0 aliphatic heterocycles. The molecule has 0 heterocycles. The van der Waals surface area contributed by atoms with E-state index >= 15 is 0 Å². The van der Waals surface area contributed by atoms with E-state index < -0.39 is 11.2 Å². The Hall–Kier alpha value is -1.04. The molecule has 0 N–H and O–H groups in total. The first-order valence-electron chi connectivity index (χ1n) is 6.00. The van der Waals surface area contributed by atoms with Gasteiger partial charge in [-0.25, -0.2) is 0 Å². The summed E-state index contributed by atoms with van der Waals surface area (Å²) in [5.74, 6) is -0.686. The fourth-order valence-corrected chi connectivity index (χ4v) is 2.17. The summed E-state index contributed by atoms with van der Waals surface area (Å²) in [7, 11) is 0. The van der Waals surface area contributed by atoms with Crippen LogP contribution in [0, 0.1) is 0 Å². The molecule has 6 heteroatoms. The van der Waals surface area contributed by atoms with Crippen LogP contribution in [0.5, 0.6) is 0 Å². The maximum atomic E-state index is 11.6. The second kappa shape index (κ2) is 9.94. The summed E-state index contributed by atoms with van der Waals surface area (Å²) in [6, 6.07) is 0. The van der Waals surface area contributed by atoms with Gasteiger partial charge in [0.15, 0.2) is 5.12 Å². The van der Waals surface area contributed by atoms with Crippen LogP contribution >= 0.6 is 11.8 Å². The molecule has 0 saturated heterocycles. The standard InChI is InChI=1S/C12H20O5S/c1-4-16-11(14)8-6-7-10(18-9(3)13)12(15)17-5-2/h10H,4-8H2,1-3H3. The molecule has 0 aromatic heterocycles. The lowest BCUT2D eigenvalue weighted by atomic mass is 10.2. The van der Waals surface area contributed by atoms with Gasteiger partial charge in [0.05, 0.1) is 13.2 Å². The van der Waals surface area contributed by atoms with E-state index in [-0.39, 0.29) is 24.1 Å². The molecule has 0 spiro atoms. The van der Waals surface area contributed by atoms with Gasteiger partial charge in [-0.2, -0.15) is 0 Å². The third-order valence-corrected chi connectivity index (χ3v) is 3.05. The molecule has 0 radical (unpaired) electrons. The van der Waals surface area contributed by atoms with E-state index in [0.717, 1.165) is 11.8 Å². The van der Waals surface area contributed by atoms with Gasteiger partial charge < -0.3 is 9.47 Å². The monoisotopic (exact) mass is 276 g/mol. The Labute approximate surface area is 112 Å². The molecule has 18 heavy (non-hydrogen) atoms. The van der Waals surface area contributed by atoms with E-state index in [1.54, 1.807) is 13.8 Å². The first-order chi connectivity index (χ1) is 8.51. The average molecular weight is 276 g/mol. The lowest BCUT2D eigenvalue weighted by Crippen LogP contribution is -2.22. The highest BCUT2D eigenvalue weighted by atomic mass is 32.2. The number of carbonyl (C=O) groups excluding carboxylic acids is 3. The number of rotatable bonds is 8. The zero-order valence-electron chi connectivity index (χ0n) is 11.1. The summed E-state index contributed by atoms with van der Waals surface area (Å²) in [5, 5.41) is -0.666. The van der Waals surface area contributed by atoms with Crippen molar-refractivity contribution in [3.8, 4) is 0 Å². The lowest BCUT2D eigenvalue weighted by Gasteiger charge is -2.13. The Balaban J connectivity index is 4.12. The fourth-order valence-electron chi connectivity index (χ4n) is 1.33. The molecule has 0 fully saturated rings. The zero-order valence-corrected chi connectivity index (χ0v) is 11.9. The van der Waals surface area contributed by atoms with Crippen molar-refractivity contribution in [1.82, 2.24) is 0 Å². The van der Waals surface area contributed by atoms with Gasteiger partial charge in [-0.05, 0) is 26.7 Å². The molecule has 1 atom stereocenters. The maximum Gasteiger partial charge on any atom is 0.319 e. The van der Waals surface area contributed by atoms with Gasteiger partial charge in [-0.1, -0.05) is 11.8 Å². The van der Waals surface area contributed by atoms with Crippen LogP contribution in [0.1, 0.15) is 40.0 Å². The van der Waals surface area contributed by atoms with Gasteiger partial charge in [-0.15, -0.1) is 0 Å². The molecule has 0 aliphatic rings. The van der Waals surface area contributed by atoms with Crippen molar-refractivity contribution >= 4 is 28.8 Å². The number of ether oxygens (including phenoxy) is 2. The van der Waals surface area contributed by atoms with Crippen LogP contribution in [0.3, 0.4) is 0 Å². The molecule has 0 aromatic rings. The molecule has 1 unspecified atom stereocenters. The number of carbonyl (C=O) groups is 3. The van der Waals surface area contributed by atoms with E-state index in [2.05, 4.69) is 0 Å². The first kappa shape index (κ1) is 17.0. The molecule has 5 nitrogen and oxygen atoms in total. The molecule has 0 bridgehead atoms. The van der Waals surface area contributed by atoms with Gasteiger partial charge in [0, 0.05) is 13.3 Å². The normalized spacial score (nSPS) is 11.7.